The highest BCUT2D eigenvalue weighted by atomic mass is 32.2. The number of rotatable bonds is 4. The Morgan fingerprint density at radius 1 is 1.24 bits per heavy atom. The Morgan fingerprint density at radius 3 is 2.33 bits per heavy atom. The van der Waals surface area contributed by atoms with Crippen LogP contribution in [0.4, 0.5) is 0 Å². The number of carbonyl (C=O) groups is 1. The molecule has 7 heteroatoms. The molecule has 0 unspecified atom stereocenters. The van der Waals surface area contributed by atoms with Crippen LogP contribution in [0.5, 0.6) is 0 Å². The molecule has 1 aromatic heterocycles. The maximum Gasteiger partial charge on any atom is 0.252 e. The number of Topliss-reactive ketones (excluding diaryl/α,β-unsaturated/α-hetero) is 1. The summed E-state index contributed by atoms with van der Waals surface area (Å²) in [6.07, 6.45) is 0. The van der Waals surface area contributed by atoms with Crippen molar-refractivity contribution >= 4 is 27.1 Å². The third-order valence-corrected chi connectivity index (χ3v) is 6.90. The van der Waals surface area contributed by atoms with Crippen molar-refractivity contribution in [2.45, 2.75) is 25.0 Å². The van der Waals surface area contributed by atoms with Crippen LogP contribution in [0.3, 0.4) is 0 Å². The van der Waals surface area contributed by atoms with Gasteiger partial charge in [-0.25, -0.2) is 8.42 Å². The summed E-state index contributed by atoms with van der Waals surface area (Å²) >= 11 is 1.24. The summed E-state index contributed by atoms with van der Waals surface area (Å²) < 4.78 is 26.7. The lowest BCUT2D eigenvalue weighted by Crippen LogP contribution is -2.50. The molecule has 0 aromatic carbocycles. The summed E-state index contributed by atoms with van der Waals surface area (Å²) in [5, 5.41) is 1.77. The first kappa shape index (κ1) is 16.6. The van der Waals surface area contributed by atoms with Gasteiger partial charge in [0.15, 0.2) is 5.78 Å². The maximum absolute atomic E-state index is 12.4. The van der Waals surface area contributed by atoms with Gasteiger partial charge in [0.05, 0.1) is 6.54 Å². The van der Waals surface area contributed by atoms with Crippen LogP contribution in [0.15, 0.2) is 21.7 Å². The molecule has 0 N–H and O–H groups in total. The van der Waals surface area contributed by atoms with E-state index < -0.39 is 10.0 Å². The number of nitrogens with zero attached hydrogens (tertiary/aromatic N) is 2. The largest absolute Gasteiger partial charge is 0.298 e. The molecule has 0 amide bonds. The molecule has 21 heavy (non-hydrogen) atoms. The van der Waals surface area contributed by atoms with Gasteiger partial charge in [0.1, 0.15) is 4.21 Å². The maximum atomic E-state index is 12.4. The SMILES string of the molecule is CC(C)(C)C(=O)CN1CCN(S(=O)(=O)c2cccs2)CC1. The molecule has 0 spiro atoms. The van der Waals surface area contributed by atoms with Crippen LogP contribution in [0.2, 0.25) is 0 Å². The molecule has 0 atom stereocenters. The predicted octanol–water partition coefficient (Wildman–Crippen LogP) is 1.67. The molecule has 1 aromatic rings. The number of ketones is 1. The zero-order valence-electron chi connectivity index (χ0n) is 12.7. The summed E-state index contributed by atoms with van der Waals surface area (Å²) in [5.41, 5.74) is -0.347. The second-order valence-corrected chi connectivity index (χ2v) is 9.40. The average molecular weight is 330 g/mol. The molecule has 1 aliphatic heterocycles. The van der Waals surface area contributed by atoms with E-state index >= 15 is 0 Å². The number of carbonyl (C=O) groups excluding carboxylic acids is 1. The van der Waals surface area contributed by atoms with Gasteiger partial charge in [-0.3, -0.25) is 9.69 Å². The number of thiophene rings is 1. The molecule has 2 heterocycles. The molecule has 0 saturated carbocycles. The molecule has 1 saturated heterocycles. The molecule has 1 fully saturated rings. The molecular formula is C14H22N2O3S2. The van der Waals surface area contributed by atoms with Gasteiger partial charge in [0.2, 0.25) is 0 Å². The highest BCUT2D eigenvalue weighted by molar-refractivity contribution is 7.91. The van der Waals surface area contributed by atoms with Crippen LogP contribution in [-0.2, 0) is 14.8 Å². The molecule has 5 nitrogen and oxygen atoms in total. The van der Waals surface area contributed by atoms with E-state index in [1.54, 1.807) is 17.5 Å². The van der Waals surface area contributed by atoms with Crippen molar-refractivity contribution in [3.63, 3.8) is 0 Å². The Morgan fingerprint density at radius 2 is 1.86 bits per heavy atom. The first-order valence-electron chi connectivity index (χ1n) is 7.00. The van der Waals surface area contributed by atoms with Gasteiger partial charge in [0, 0.05) is 31.6 Å². The fourth-order valence-corrected chi connectivity index (χ4v) is 4.67. The van der Waals surface area contributed by atoms with Crippen LogP contribution in [0, 0.1) is 5.41 Å². The minimum atomic E-state index is -3.36. The van der Waals surface area contributed by atoms with E-state index in [0.717, 1.165) is 0 Å². The molecular weight excluding hydrogens is 308 g/mol. The van der Waals surface area contributed by atoms with Gasteiger partial charge in [0.25, 0.3) is 10.0 Å². The standard InChI is InChI=1S/C14H22N2O3S2/c1-14(2,3)12(17)11-15-6-8-16(9-7-15)21(18,19)13-5-4-10-20-13/h4-5,10H,6-9,11H2,1-3H3. The first-order valence-corrected chi connectivity index (χ1v) is 9.32. The number of hydrogen-bond acceptors (Lipinski definition) is 5. The molecule has 0 radical (unpaired) electrons. The molecule has 118 valence electrons. The fourth-order valence-electron chi connectivity index (χ4n) is 2.11. The van der Waals surface area contributed by atoms with E-state index in [-0.39, 0.29) is 11.2 Å². The predicted molar refractivity (Wildman–Crippen MR) is 84.0 cm³/mol. The third kappa shape index (κ3) is 3.91. The summed E-state index contributed by atoms with van der Waals surface area (Å²) in [6.45, 7) is 8.22. The highest BCUT2D eigenvalue weighted by Crippen LogP contribution is 2.22. The van der Waals surface area contributed by atoms with Crippen molar-refractivity contribution < 1.29 is 13.2 Å². The quantitative estimate of drug-likeness (QED) is 0.843. The van der Waals surface area contributed by atoms with Gasteiger partial charge in [-0.15, -0.1) is 11.3 Å². The summed E-state index contributed by atoms with van der Waals surface area (Å²) in [5.74, 6) is 0.192. The fraction of sp³-hybridized carbons (Fsp3) is 0.643. The second-order valence-electron chi connectivity index (χ2n) is 6.29. The van der Waals surface area contributed by atoms with Gasteiger partial charge in [-0.1, -0.05) is 26.8 Å². The summed E-state index contributed by atoms with van der Waals surface area (Å²) in [6, 6.07) is 3.38. The van der Waals surface area contributed by atoms with Crippen molar-refractivity contribution in [3.8, 4) is 0 Å². The number of hydrogen-bond donors (Lipinski definition) is 0. The minimum absolute atomic E-state index is 0.192. The van der Waals surface area contributed by atoms with Crippen molar-refractivity contribution in [1.29, 1.82) is 0 Å². The smallest absolute Gasteiger partial charge is 0.252 e. The molecule has 1 aliphatic rings. The number of piperazine rings is 1. The topological polar surface area (TPSA) is 57.7 Å². The lowest BCUT2D eigenvalue weighted by atomic mass is 9.90. The Hall–Kier alpha value is -0.760. The van der Waals surface area contributed by atoms with E-state index in [0.29, 0.717) is 36.9 Å². The Labute approximate surface area is 130 Å². The Kier molecular flexibility index (Phi) is 4.87. The zero-order valence-corrected chi connectivity index (χ0v) is 14.3. The Balaban J connectivity index is 1.94. The first-order chi connectivity index (χ1) is 9.71. The lowest BCUT2D eigenvalue weighted by Gasteiger charge is -2.34. The molecule has 0 aliphatic carbocycles. The van der Waals surface area contributed by atoms with E-state index in [9.17, 15) is 13.2 Å². The van der Waals surface area contributed by atoms with Gasteiger partial charge >= 0.3 is 0 Å². The zero-order chi connectivity index (χ0) is 15.7. The minimum Gasteiger partial charge on any atom is -0.298 e. The summed E-state index contributed by atoms with van der Waals surface area (Å²) in [4.78, 5) is 14.1. The summed E-state index contributed by atoms with van der Waals surface area (Å²) in [7, 11) is -3.36. The van der Waals surface area contributed by atoms with Crippen LogP contribution in [0.25, 0.3) is 0 Å². The van der Waals surface area contributed by atoms with E-state index in [4.69, 9.17) is 0 Å². The highest BCUT2D eigenvalue weighted by Gasteiger charge is 2.31. The van der Waals surface area contributed by atoms with Crippen molar-refractivity contribution in [2.24, 2.45) is 5.41 Å². The van der Waals surface area contributed by atoms with E-state index in [1.807, 2.05) is 25.7 Å². The van der Waals surface area contributed by atoms with Crippen LogP contribution < -0.4 is 0 Å². The van der Waals surface area contributed by atoms with Crippen LogP contribution >= 0.6 is 11.3 Å². The van der Waals surface area contributed by atoms with E-state index in [1.165, 1.54) is 15.6 Å². The van der Waals surface area contributed by atoms with Crippen molar-refractivity contribution in [1.82, 2.24) is 9.21 Å². The lowest BCUT2D eigenvalue weighted by molar-refractivity contribution is -0.127. The van der Waals surface area contributed by atoms with Crippen molar-refractivity contribution in [3.05, 3.63) is 17.5 Å². The van der Waals surface area contributed by atoms with Gasteiger partial charge in [-0.05, 0) is 11.4 Å². The second kappa shape index (κ2) is 6.16. The van der Waals surface area contributed by atoms with Gasteiger partial charge < -0.3 is 0 Å². The Bertz CT molecular complexity index is 580. The average Bonchev–Trinajstić information content (AvgIpc) is 2.92. The third-order valence-electron chi connectivity index (χ3n) is 3.62. The monoisotopic (exact) mass is 330 g/mol. The normalized spacial score (nSPS) is 18.8. The van der Waals surface area contributed by atoms with E-state index in [2.05, 4.69) is 0 Å². The van der Waals surface area contributed by atoms with Crippen LogP contribution in [-0.4, -0.2) is 56.1 Å². The van der Waals surface area contributed by atoms with Crippen molar-refractivity contribution in [2.75, 3.05) is 32.7 Å². The number of sulfonamides is 1. The molecule has 2 rings (SSSR count). The molecule has 0 bridgehead atoms. The van der Waals surface area contributed by atoms with Crippen LogP contribution in [0.1, 0.15) is 20.8 Å². The van der Waals surface area contributed by atoms with Gasteiger partial charge in [-0.2, -0.15) is 4.31 Å².